The predicted octanol–water partition coefficient (Wildman–Crippen LogP) is 2.66. The molecule has 0 fully saturated rings. The van der Waals surface area contributed by atoms with Crippen LogP contribution in [0.15, 0.2) is 35.9 Å². The second kappa shape index (κ2) is 5.90. The summed E-state index contributed by atoms with van der Waals surface area (Å²) in [6, 6.07) is 6.04. The molecule has 1 rings (SSSR count). The summed E-state index contributed by atoms with van der Waals surface area (Å²) in [5, 5.41) is 11.7. The third-order valence-electron chi connectivity index (χ3n) is 2.13. The second-order valence-electron chi connectivity index (χ2n) is 3.28. The molecule has 0 atom stereocenters. The van der Waals surface area contributed by atoms with Crippen molar-refractivity contribution in [3.05, 3.63) is 41.7 Å². The fourth-order valence-corrected chi connectivity index (χ4v) is 1.27. The first-order valence-corrected chi connectivity index (χ1v) is 5.05. The Bertz CT molecular complexity index is 402. The lowest BCUT2D eigenvalue weighted by Gasteiger charge is -2.04. The van der Waals surface area contributed by atoms with E-state index in [1.807, 2.05) is 0 Å². The summed E-state index contributed by atoms with van der Waals surface area (Å²) in [6.45, 7) is 2.15. The van der Waals surface area contributed by atoms with Crippen LogP contribution in [0, 0.1) is 5.82 Å². The molecule has 2 N–H and O–H groups in total. The Labute approximate surface area is 93.6 Å². The van der Waals surface area contributed by atoms with Gasteiger partial charge in [0.25, 0.3) is 0 Å². The Morgan fingerprint density at radius 2 is 2.31 bits per heavy atom. The van der Waals surface area contributed by atoms with Gasteiger partial charge in [-0.15, -0.1) is 0 Å². The first kappa shape index (κ1) is 12.2. The van der Waals surface area contributed by atoms with Crippen LogP contribution in [0.5, 0.6) is 0 Å². The average Bonchev–Trinajstić information content (AvgIpc) is 2.24. The van der Waals surface area contributed by atoms with Gasteiger partial charge in [-0.3, -0.25) is 0 Å². The van der Waals surface area contributed by atoms with Crippen molar-refractivity contribution in [3.8, 4) is 0 Å². The van der Waals surface area contributed by atoms with E-state index >= 15 is 0 Å². The Kier molecular flexibility index (Phi) is 4.51. The zero-order valence-corrected chi connectivity index (χ0v) is 9.03. The molecule has 0 bridgehead atoms. The number of benzene rings is 1. The molecule has 0 heterocycles. The summed E-state index contributed by atoms with van der Waals surface area (Å²) in [6.07, 6.45) is 2.06. The first-order chi connectivity index (χ1) is 7.63. The van der Waals surface area contributed by atoms with Gasteiger partial charge in [0.1, 0.15) is 5.82 Å². The molecule has 0 saturated carbocycles. The van der Waals surface area contributed by atoms with E-state index in [4.69, 9.17) is 5.11 Å². The van der Waals surface area contributed by atoms with Crippen molar-refractivity contribution in [2.75, 3.05) is 11.9 Å². The summed E-state index contributed by atoms with van der Waals surface area (Å²) < 4.78 is 12.8. The number of rotatable bonds is 5. The molecule has 86 valence electrons. The molecule has 0 amide bonds. The number of carbonyl (C=O) groups is 1. The number of hydrogen-bond donors (Lipinski definition) is 2. The van der Waals surface area contributed by atoms with E-state index in [2.05, 4.69) is 5.32 Å². The number of hydrogen-bond acceptors (Lipinski definition) is 2. The van der Waals surface area contributed by atoms with Crippen LogP contribution in [0.4, 0.5) is 10.1 Å². The Balaban J connectivity index is 2.55. The standard InChI is InChI=1S/C12H14FNO2/c1-2-9(12(15)16)6-7-14-11-5-3-4-10(13)8-11/h3-6,8,14H,2,7H2,1H3,(H,15,16)/b9-6-. The minimum Gasteiger partial charge on any atom is -0.478 e. The van der Waals surface area contributed by atoms with Gasteiger partial charge in [0.05, 0.1) is 0 Å². The molecule has 1 aromatic carbocycles. The number of carboxylic acids is 1. The zero-order valence-electron chi connectivity index (χ0n) is 9.03. The van der Waals surface area contributed by atoms with Crippen LogP contribution in [0.3, 0.4) is 0 Å². The van der Waals surface area contributed by atoms with Gasteiger partial charge in [-0.25, -0.2) is 9.18 Å². The third kappa shape index (κ3) is 3.73. The van der Waals surface area contributed by atoms with Crippen LogP contribution in [-0.2, 0) is 4.79 Å². The second-order valence-corrected chi connectivity index (χ2v) is 3.28. The Morgan fingerprint density at radius 3 is 2.88 bits per heavy atom. The van der Waals surface area contributed by atoms with Crippen LogP contribution in [0.2, 0.25) is 0 Å². The van der Waals surface area contributed by atoms with E-state index in [9.17, 15) is 9.18 Å². The monoisotopic (exact) mass is 223 g/mol. The molecule has 0 aromatic heterocycles. The van der Waals surface area contributed by atoms with E-state index in [1.165, 1.54) is 12.1 Å². The number of carboxylic acid groups (broad SMARTS) is 1. The summed E-state index contributed by atoms with van der Waals surface area (Å²) in [4.78, 5) is 10.7. The number of aliphatic carboxylic acids is 1. The van der Waals surface area contributed by atoms with Crippen molar-refractivity contribution >= 4 is 11.7 Å². The van der Waals surface area contributed by atoms with Crippen molar-refractivity contribution < 1.29 is 14.3 Å². The normalized spacial score (nSPS) is 11.2. The maximum absolute atomic E-state index is 12.8. The SMILES string of the molecule is CC/C(=C/CNc1cccc(F)c1)C(=O)O. The topological polar surface area (TPSA) is 49.3 Å². The lowest BCUT2D eigenvalue weighted by Crippen LogP contribution is -2.04. The molecule has 4 heteroatoms. The molecular formula is C12H14FNO2. The molecule has 0 aliphatic rings. The summed E-state index contributed by atoms with van der Waals surface area (Å²) >= 11 is 0. The third-order valence-corrected chi connectivity index (χ3v) is 2.13. The molecule has 0 spiro atoms. The van der Waals surface area contributed by atoms with Crippen LogP contribution in [-0.4, -0.2) is 17.6 Å². The van der Waals surface area contributed by atoms with Crippen LogP contribution in [0.25, 0.3) is 0 Å². The summed E-state index contributed by atoms with van der Waals surface area (Å²) in [5.74, 6) is -1.23. The minimum atomic E-state index is -0.913. The lowest BCUT2D eigenvalue weighted by molar-refractivity contribution is -0.132. The molecule has 1 aromatic rings. The van der Waals surface area contributed by atoms with Gasteiger partial charge in [-0.05, 0) is 24.6 Å². The van der Waals surface area contributed by atoms with E-state index in [-0.39, 0.29) is 5.82 Å². The first-order valence-electron chi connectivity index (χ1n) is 5.05. The maximum Gasteiger partial charge on any atom is 0.331 e. The molecule has 0 saturated heterocycles. The Morgan fingerprint density at radius 1 is 1.56 bits per heavy atom. The van der Waals surface area contributed by atoms with E-state index in [0.717, 1.165) is 0 Å². The highest BCUT2D eigenvalue weighted by atomic mass is 19.1. The smallest absolute Gasteiger partial charge is 0.331 e. The number of halogens is 1. The fraction of sp³-hybridized carbons (Fsp3) is 0.250. The molecular weight excluding hydrogens is 209 g/mol. The predicted molar refractivity (Wildman–Crippen MR) is 60.9 cm³/mol. The van der Waals surface area contributed by atoms with Gasteiger partial charge in [0, 0.05) is 17.8 Å². The molecule has 0 aliphatic carbocycles. The van der Waals surface area contributed by atoms with Gasteiger partial charge in [0.15, 0.2) is 0 Å². The highest BCUT2D eigenvalue weighted by Gasteiger charge is 2.02. The van der Waals surface area contributed by atoms with Crippen molar-refractivity contribution in [1.82, 2.24) is 0 Å². The van der Waals surface area contributed by atoms with Crippen molar-refractivity contribution in [2.24, 2.45) is 0 Å². The molecule has 16 heavy (non-hydrogen) atoms. The minimum absolute atomic E-state index is 0.317. The van der Waals surface area contributed by atoms with Gasteiger partial charge in [0.2, 0.25) is 0 Å². The molecule has 3 nitrogen and oxygen atoms in total. The van der Waals surface area contributed by atoms with Gasteiger partial charge >= 0.3 is 5.97 Å². The quantitative estimate of drug-likeness (QED) is 0.754. The van der Waals surface area contributed by atoms with Crippen LogP contribution >= 0.6 is 0 Å². The fourth-order valence-electron chi connectivity index (χ4n) is 1.27. The average molecular weight is 223 g/mol. The largest absolute Gasteiger partial charge is 0.478 e. The molecule has 0 radical (unpaired) electrons. The van der Waals surface area contributed by atoms with Gasteiger partial charge in [-0.1, -0.05) is 19.1 Å². The number of anilines is 1. The van der Waals surface area contributed by atoms with Gasteiger partial charge in [-0.2, -0.15) is 0 Å². The van der Waals surface area contributed by atoms with E-state index < -0.39 is 5.97 Å². The molecule has 0 unspecified atom stereocenters. The van der Waals surface area contributed by atoms with Crippen LogP contribution in [0.1, 0.15) is 13.3 Å². The van der Waals surface area contributed by atoms with Crippen molar-refractivity contribution in [2.45, 2.75) is 13.3 Å². The van der Waals surface area contributed by atoms with E-state index in [1.54, 1.807) is 25.1 Å². The zero-order chi connectivity index (χ0) is 12.0. The number of nitrogens with one attached hydrogen (secondary N) is 1. The lowest BCUT2D eigenvalue weighted by atomic mass is 10.2. The van der Waals surface area contributed by atoms with Crippen molar-refractivity contribution in [1.29, 1.82) is 0 Å². The maximum atomic E-state index is 12.8. The Hall–Kier alpha value is -1.84. The van der Waals surface area contributed by atoms with Crippen LogP contribution < -0.4 is 5.32 Å². The summed E-state index contributed by atoms with van der Waals surface area (Å²) in [5.41, 5.74) is 0.987. The van der Waals surface area contributed by atoms with E-state index in [0.29, 0.717) is 24.2 Å². The summed E-state index contributed by atoms with van der Waals surface area (Å²) in [7, 11) is 0. The highest BCUT2D eigenvalue weighted by molar-refractivity contribution is 5.86. The van der Waals surface area contributed by atoms with Crippen molar-refractivity contribution in [3.63, 3.8) is 0 Å². The highest BCUT2D eigenvalue weighted by Crippen LogP contribution is 2.09. The molecule has 0 aliphatic heterocycles. The van der Waals surface area contributed by atoms with Gasteiger partial charge < -0.3 is 10.4 Å².